The summed E-state index contributed by atoms with van der Waals surface area (Å²) in [6, 6.07) is 1.14. The van der Waals surface area contributed by atoms with Crippen LogP contribution in [-0.4, -0.2) is 39.6 Å². The number of halogens is 2. The zero-order valence-electron chi connectivity index (χ0n) is 14.5. The number of benzene rings is 1. The van der Waals surface area contributed by atoms with Crippen molar-refractivity contribution in [2.75, 3.05) is 19.0 Å². The molecule has 0 aliphatic rings. The smallest absolute Gasteiger partial charge is 0.244 e. The summed E-state index contributed by atoms with van der Waals surface area (Å²) in [7, 11) is -2.88. The highest BCUT2D eigenvalue weighted by Gasteiger charge is 2.27. The van der Waals surface area contributed by atoms with Gasteiger partial charge in [0.1, 0.15) is 16.5 Å². The molecule has 142 valence electrons. The van der Waals surface area contributed by atoms with Gasteiger partial charge in [0.2, 0.25) is 15.9 Å². The van der Waals surface area contributed by atoms with Crippen LogP contribution in [0, 0.1) is 11.6 Å². The molecule has 0 aliphatic heterocycles. The molecule has 10 heteroatoms. The monoisotopic (exact) mass is 379 g/mol. The number of carbonyl (C=O) groups excluding carboxylic acids is 1. The van der Waals surface area contributed by atoms with Crippen LogP contribution in [0.4, 0.5) is 14.5 Å². The summed E-state index contributed by atoms with van der Waals surface area (Å²) in [6.07, 6.45) is -0.735. The van der Waals surface area contributed by atoms with Crippen LogP contribution >= 0.6 is 0 Å². The van der Waals surface area contributed by atoms with Crippen molar-refractivity contribution in [1.82, 2.24) is 4.72 Å². The number of nitrogens with one attached hydrogen (secondary N) is 2. The number of hydrogen-bond donors (Lipinski definition) is 3. The number of ether oxygens (including phenoxy) is 1. The molecular formula is C15H23F2N3O4S. The lowest BCUT2D eigenvalue weighted by molar-refractivity contribution is -0.118. The van der Waals surface area contributed by atoms with Crippen molar-refractivity contribution in [3.8, 4) is 0 Å². The zero-order valence-corrected chi connectivity index (χ0v) is 15.3. The highest BCUT2D eigenvalue weighted by atomic mass is 32.2. The molecule has 1 aromatic rings. The van der Waals surface area contributed by atoms with Gasteiger partial charge in [-0.05, 0) is 26.8 Å². The second-order valence-electron chi connectivity index (χ2n) is 6.46. The Morgan fingerprint density at radius 2 is 1.88 bits per heavy atom. The van der Waals surface area contributed by atoms with E-state index in [2.05, 4.69) is 10.0 Å². The molecule has 7 nitrogen and oxygen atoms in total. The highest BCUT2D eigenvalue weighted by Crippen LogP contribution is 2.24. The summed E-state index contributed by atoms with van der Waals surface area (Å²) in [6.45, 7) is 4.80. The number of sulfonamides is 1. The predicted molar refractivity (Wildman–Crippen MR) is 89.5 cm³/mol. The second kappa shape index (κ2) is 8.17. The first-order valence-corrected chi connectivity index (χ1v) is 8.93. The van der Waals surface area contributed by atoms with Crippen LogP contribution in [0.25, 0.3) is 0 Å². The molecule has 0 aliphatic carbocycles. The largest absolute Gasteiger partial charge is 0.380 e. The van der Waals surface area contributed by atoms with Crippen molar-refractivity contribution in [1.29, 1.82) is 0 Å². The standard InChI is InChI=1S/C15H23F2N3O4S/c1-15(2,3)20-25(22,23)13-7-12(10(16)6-11(13)17)19-14(21)5-9(8-18)24-4/h6-7,9,20H,5,8,18H2,1-4H3,(H,19,21). The van der Waals surface area contributed by atoms with Gasteiger partial charge in [0.05, 0.1) is 18.2 Å². The molecule has 25 heavy (non-hydrogen) atoms. The molecular weight excluding hydrogens is 356 g/mol. The van der Waals surface area contributed by atoms with E-state index in [1.54, 1.807) is 20.8 Å². The SMILES string of the molecule is COC(CN)CC(=O)Nc1cc(S(=O)(=O)NC(C)(C)C)c(F)cc1F. The maximum atomic E-state index is 13.9. The molecule has 1 amide bonds. The summed E-state index contributed by atoms with van der Waals surface area (Å²) in [5, 5.41) is 2.20. The maximum absolute atomic E-state index is 13.9. The normalized spacial score (nSPS) is 13.6. The molecule has 1 rings (SSSR count). The lowest BCUT2D eigenvalue weighted by Gasteiger charge is -2.21. The molecule has 0 radical (unpaired) electrons. The minimum atomic E-state index is -4.24. The summed E-state index contributed by atoms with van der Waals surface area (Å²) in [5.74, 6) is -3.00. The number of methoxy groups -OCH3 is 1. The molecule has 0 spiro atoms. The Balaban J connectivity index is 3.14. The van der Waals surface area contributed by atoms with Crippen LogP contribution < -0.4 is 15.8 Å². The van der Waals surface area contributed by atoms with Gasteiger partial charge in [-0.2, -0.15) is 0 Å². The Labute approximate surface area is 146 Å². The molecule has 0 bridgehead atoms. The number of carbonyl (C=O) groups is 1. The molecule has 1 unspecified atom stereocenters. The van der Waals surface area contributed by atoms with E-state index in [-0.39, 0.29) is 13.0 Å². The third-order valence-electron chi connectivity index (χ3n) is 3.04. The minimum absolute atomic E-state index is 0.0744. The van der Waals surface area contributed by atoms with Crippen LogP contribution in [0.15, 0.2) is 17.0 Å². The van der Waals surface area contributed by atoms with Crippen LogP contribution in [-0.2, 0) is 19.6 Å². The first kappa shape index (κ1) is 21.4. The van der Waals surface area contributed by atoms with Gasteiger partial charge in [0.25, 0.3) is 0 Å². The van der Waals surface area contributed by atoms with E-state index in [4.69, 9.17) is 10.5 Å². The Bertz CT molecular complexity index is 729. The van der Waals surface area contributed by atoms with E-state index in [9.17, 15) is 22.0 Å². The molecule has 0 fully saturated rings. The number of nitrogens with two attached hydrogens (primary N) is 1. The predicted octanol–water partition coefficient (Wildman–Crippen LogP) is 1.34. The quantitative estimate of drug-likeness (QED) is 0.662. The van der Waals surface area contributed by atoms with E-state index in [0.29, 0.717) is 6.07 Å². The Kier molecular flexibility index (Phi) is 7.00. The van der Waals surface area contributed by atoms with E-state index in [1.807, 2.05) is 0 Å². The number of anilines is 1. The van der Waals surface area contributed by atoms with E-state index in [1.165, 1.54) is 7.11 Å². The van der Waals surface area contributed by atoms with Gasteiger partial charge in [-0.1, -0.05) is 0 Å². The second-order valence-corrected chi connectivity index (χ2v) is 8.11. The van der Waals surface area contributed by atoms with Gasteiger partial charge in [-0.15, -0.1) is 0 Å². The maximum Gasteiger partial charge on any atom is 0.244 e. The molecule has 1 atom stereocenters. The van der Waals surface area contributed by atoms with Crippen LogP contribution in [0.5, 0.6) is 0 Å². The summed E-state index contributed by atoms with van der Waals surface area (Å²) >= 11 is 0. The first-order chi connectivity index (χ1) is 11.4. The molecule has 0 saturated carbocycles. The number of hydrogen-bond acceptors (Lipinski definition) is 5. The lowest BCUT2D eigenvalue weighted by atomic mass is 10.1. The van der Waals surface area contributed by atoms with E-state index < -0.39 is 49.8 Å². The highest BCUT2D eigenvalue weighted by molar-refractivity contribution is 7.89. The van der Waals surface area contributed by atoms with Crippen molar-refractivity contribution >= 4 is 21.6 Å². The fraction of sp³-hybridized carbons (Fsp3) is 0.533. The summed E-state index contributed by atoms with van der Waals surface area (Å²) in [5.41, 5.74) is 4.08. The summed E-state index contributed by atoms with van der Waals surface area (Å²) in [4.78, 5) is 11.1. The van der Waals surface area contributed by atoms with Crippen molar-refractivity contribution in [2.24, 2.45) is 5.73 Å². The van der Waals surface area contributed by atoms with Crippen molar-refractivity contribution < 1.29 is 26.7 Å². The molecule has 0 heterocycles. The van der Waals surface area contributed by atoms with Crippen LogP contribution in [0.2, 0.25) is 0 Å². The molecule has 4 N–H and O–H groups in total. The first-order valence-electron chi connectivity index (χ1n) is 7.45. The van der Waals surface area contributed by atoms with Crippen molar-refractivity contribution in [3.63, 3.8) is 0 Å². The third kappa shape index (κ3) is 6.31. The average molecular weight is 379 g/mol. The number of amides is 1. The number of rotatable bonds is 7. The van der Waals surface area contributed by atoms with Crippen LogP contribution in [0.3, 0.4) is 0 Å². The van der Waals surface area contributed by atoms with E-state index >= 15 is 0 Å². The van der Waals surface area contributed by atoms with Crippen LogP contribution in [0.1, 0.15) is 27.2 Å². The van der Waals surface area contributed by atoms with E-state index in [0.717, 1.165) is 6.07 Å². The fourth-order valence-electron chi connectivity index (χ4n) is 1.96. The molecule has 0 saturated heterocycles. The zero-order chi connectivity index (χ0) is 19.4. The Morgan fingerprint density at radius 1 is 1.28 bits per heavy atom. The third-order valence-corrected chi connectivity index (χ3v) is 4.81. The summed E-state index contributed by atoms with van der Waals surface area (Å²) < 4.78 is 59.6. The Hall–Kier alpha value is -1.62. The lowest BCUT2D eigenvalue weighted by Crippen LogP contribution is -2.40. The average Bonchev–Trinajstić information content (AvgIpc) is 2.44. The van der Waals surface area contributed by atoms with Crippen molar-refractivity contribution in [3.05, 3.63) is 23.8 Å². The van der Waals surface area contributed by atoms with Gasteiger partial charge in [0.15, 0.2) is 0 Å². The molecule has 1 aromatic carbocycles. The fourth-order valence-corrected chi connectivity index (χ4v) is 3.46. The van der Waals surface area contributed by atoms with Gasteiger partial charge in [0, 0.05) is 25.3 Å². The van der Waals surface area contributed by atoms with Gasteiger partial charge in [-0.25, -0.2) is 21.9 Å². The minimum Gasteiger partial charge on any atom is -0.380 e. The van der Waals surface area contributed by atoms with Crippen molar-refractivity contribution in [2.45, 2.75) is 43.7 Å². The topological polar surface area (TPSA) is 111 Å². The van der Waals surface area contributed by atoms with Gasteiger partial charge in [-0.3, -0.25) is 4.79 Å². The van der Waals surface area contributed by atoms with Gasteiger partial charge >= 0.3 is 0 Å². The molecule has 0 aromatic heterocycles. The van der Waals surface area contributed by atoms with Gasteiger partial charge < -0.3 is 15.8 Å². The Morgan fingerprint density at radius 3 is 2.36 bits per heavy atom.